The first-order valence-electron chi connectivity index (χ1n) is 6.08. The van der Waals surface area contributed by atoms with Gasteiger partial charge in [0.25, 0.3) is 11.8 Å². The minimum absolute atomic E-state index is 0.0933. The van der Waals surface area contributed by atoms with Gasteiger partial charge in [-0.25, -0.2) is 0 Å². The summed E-state index contributed by atoms with van der Waals surface area (Å²) in [4.78, 5) is 13.2. The minimum atomic E-state index is -0.272. The molecule has 0 saturated carbocycles. The van der Waals surface area contributed by atoms with Crippen LogP contribution < -0.4 is 5.32 Å². The Labute approximate surface area is 129 Å². The smallest absolute Gasteiger partial charge is 0.322 e. The molecule has 106 valence electrons. The largest absolute Gasteiger partial charge is 0.403 e. The molecule has 1 N–H and O–H groups in total. The first kappa shape index (κ1) is 13.8. The summed E-state index contributed by atoms with van der Waals surface area (Å²) >= 11 is 3.12. The minimum Gasteiger partial charge on any atom is -0.403 e. The Balaban J connectivity index is 1.75. The first-order chi connectivity index (χ1) is 10.3. The molecule has 0 aliphatic rings. The number of amides is 1. The fraction of sp³-hybridized carbons (Fsp3) is 0.0714. The predicted molar refractivity (Wildman–Crippen MR) is 83.8 cm³/mol. The van der Waals surface area contributed by atoms with Crippen LogP contribution in [0.1, 0.15) is 10.4 Å². The van der Waals surface area contributed by atoms with E-state index in [0.29, 0.717) is 11.5 Å². The van der Waals surface area contributed by atoms with Gasteiger partial charge in [-0.1, -0.05) is 11.2 Å². The highest BCUT2D eigenvalue weighted by atomic mass is 32.2. The SMILES string of the molecule is CSc1cccc(C(=O)Nc2nnc(-c3ccsc3)o2)c1. The van der Waals surface area contributed by atoms with Gasteiger partial charge in [0.1, 0.15) is 0 Å². The van der Waals surface area contributed by atoms with Gasteiger partial charge in [-0.2, -0.15) is 11.3 Å². The van der Waals surface area contributed by atoms with E-state index < -0.39 is 0 Å². The lowest BCUT2D eigenvalue weighted by atomic mass is 10.2. The summed E-state index contributed by atoms with van der Waals surface area (Å²) in [5, 5.41) is 14.2. The Morgan fingerprint density at radius 3 is 3.00 bits per heavy atom. The number of nitrogens with one attached hydrogen (secondary N) is 1. The topological polar surface area (TPSA) is 68.0 Å². The predicted octanol–water partition coefficient (Wildman–Crippen LogP) is 3.77. The summed E-state index contributed by atoms with van der Waals surface area (Å²) in [6, 6.07) is 9.32. The molecule has 21 heavy (non-hydrogen) atoms. The van der Waals surface area contributed by atoms with Crippen molar-refractivity contribution in [1.82, 2.24) is 10.2 Å². The number of aromatic nitrogens is 2. The lowest BCUT2D eigenvalue weighted by Gasteiger charge is -2.02. The van der Waals surface area contributed by atoms with Crippen LogP contribution in [-0.4, -0.2) is 22.4 Å². The summed E-state index contributed by atoms with van der Waals surface area (Å²) in [5.41, 5.74) is 1.40. The van der Waals surface area contributed by atoms with Gasteiger partial charge in [0.15, 0.2) is 0 Å². The molecule has 0 aliphatic carbocycles. The van der Waals surface area contributed by atoms with Gasteiger partial charge < -0.3 is 4.42 Å². The van der Waals surface area contributed by atoms with Gasteiger partial charge in [-0.15, -0.1) is 16.9 Å². The van der Waals surface area contributed by atoms with Crippen molar-refractivity contribution >= 4 is 35.0 Å². The molecule has 5 nitrogen and oxygen atoms in total. The molecule has 0 unspecified atom stereocenters. The second kappa shape index (κ2) is 6.11. The molecule has 0 saturated heterocycles. The maximum atomic E-state index is 12.1. The maximum Gasteiger partial charge on any atom is 0.322 e. The first-order valence-corrected chi connectivity index (χ1v) is 8.24. The van der Waals surface area contributed by atoms with E-state index in [1.807, 2.05) is 41.3 Å². The van der Waals surface area contributed by atoms with E-state index in [1.54, 1.807) is 29.2 Å². The molecule has 3 aromatic rings. The number of carbonyl (C=O) groups excluding carboxylic acids is 1. The molecule has 3 rings (SSSR count). The Morgan fingerprint density at radius 2 is 2.24 bits per heavy atom. The molecule has 7 heteroatoms. The number of carbonyl (C=O) groups is 1. The number of anilines is 1. The van der Waals surface area contributed by atoms with Crippen LogP contribution in [0.4, 0.5) is 6.01 Å². The molecular weight excluding hydrogens is 306 g/mol. The van der Waals surface area contributed by atoms with Crippen molar-refractivity contribution < 1.29 is 9.21 Å². The molecular formula is C14H11N3O2S2. The number of thioether (sulfide) groups is 1. The molecule has 0 atom stereocenters. The van der Waals surface area contributed by atoms with Crippen molar-refractivity contribution in [2.24, 2.45) is 0 Å². The van der Waals surface area contributed by atoms with E-state index in [1.165, 1.54) is 0 Å². The highest BCUT2D eigenvalue weighted by molar-refractivity contribution is 7.98. The van der Waals surface area contributed by atoms with Crippen LogP contribution in [0.2, 0.25) is 0 Å². The number of nitrogens with zero attached hydrogens (tertiary/aromatic N) is 2. The molecule has 1 amide bonds. The van der Waals surface area contributed by atoms with Crippen molar-refractivity contribution in [2.75, 3.05) is 11.6 Å². The summed E-state index contributed by atoms with van der Waals surface area (Å²) in [5.74, 6) is 0.121. The van der Waals surface area contributed by atoms with Crippen LogP contribution in [0.25, 0.3) is 11.5 Å². The highest BCUT2D eigenvalue weighted by Crippen LogP contribution is 2.22. The second-order valence-corrected chi connectivity index (χ2v) is 5.77. The summed E-state index contributed by atoms with van der Waals surface area (Å²) in [6.45, 7) is 0. The zero-order valence-corrected chi connectivity index (χ0v) is 12.7. The average molecular weight is 317 g/mol. The maximum absolute atomic E-state index is 12.1. The summed E-state index contributed by atoms with van der Waals surface area (Å²) in [6.07, 6.45) is 1.96. The van der Waals surface area contributed by atoms with E-state index in [4.69, 9.17) is 4.42 Å². The van der Waals surface area contributed by atoms with E-state index >= 15 is 0 Å². The summed E-state index contributed by atoms with van der Waals surface area (Å²) in [7, 11) is 0. The van der Waals surface area contributed by atoms with Crippen LogP contribution in [0, 0.1) is 0 Å². The normalized spacial score (nSPS) is 10.5. The van der Waals surface area contributed by atoms with Crippen molar-refractivity contribution in [3.05, 3.63) is 46.7 Å². The van der Waals surface area contributed by atoms with Gasteiger partial charge in [-0.05, 0) is 35.9 Å². The van der Waals surface area contributed by atoms with Crippen LogP contribution in [0.5, 0.6) is 0 Å². The fourth-order valence-corrected chi connectivity index (χ4v) is 2.80. The average Bonchev–Trinajstić information content (AvgIpc) is 3.18. The standard InChI is InChI=1S/C14H11N3O2S2/c1-20-11-4-2-3-9(7-11)12(18)15-14-17-16-13(19-14)10-5-6-21-8-10/h2-8H,1H3,(H,15,17,18). The Hall–Kier alpha value is -2.12. The number of hydrogen-bond donors (Lipinski definition) is 1. The van der Waals surface area contributed by atoms with Crippen molar-refractivity contribution in [1.29, 1.82) is 0 Å². The third-order valence-electron chi connectivity index (χ3n) is 2.75. The monoisotopic (exact) mass is 317 g/mol. The number of hydrogen-bond acceptors (Lipinski definition) is 6. The quantitative estimate of drug-likeness (QED) is 0.742. The molecule has 0 spiro atoms. The molecule has 0 aliphatic heterocycles. The third kappa shape index (κ3) is 3.14. The summed E-state index contributed by atoms with van der Waals surface area (Å²) < 4.78 is 5.42. The lowest BCUT2D eigenvalue weighted by molar-refractivity contribution is 0.102. The van der Waals surface area contributed by atoms with Gasteiger partial charge in [0.05, 0.1) is 0 Å². The Morgan fingerprint density at radius 1 is 1.33 bits per heavy atom. The molecule has 2 aromatic heterocycles. The van der Waals surface area contributed by atoms with E-state index in [2.05, 4.69) is 15.5 Å². The lowest BCUT2D eigenvalue weighted by Crippen LogP contribution is -2.12. The van der Waals surface area contributed by atoms with Crippen molar-refractivity contribution in [3.8, 4) is 11.5 Å². The molecule has 2 heterocycles. The van der Waals surface area contributed by atoms with E-state index in [0.717, 1.165) is 10.5 Å². The zero-order valence-electron chi connectivity index (χ0n) is 11.1. The molecule has 0 radical (unpaired) electrons. The van der Waals surface area contributed by atoms with Crippen molar-refractivity contribution in [2.45, 2.75) is 4.90 Å². The molecule has 0 fully saturated rings. The highest BCUT2D eigenvalue weighted by Gasteiger charge is 2.13. The number of thiophene rings is 1. The van der Waals surface area contributed by atoms with Gasteiger partial charge in [-0.3, -0.25) is 10.1 Å². The molecule has 1 aromatic carbocycles. The number of benzene rings is 1. The van der Waals surface area contributed by atoms with Crippen LogP contribution in [-0.2, 0) is 0 Å². The van der Waals surface area contributed by atoms with E-state index in [-0.39, 0.29) is 11.9 Å². The zero-order chi connectivity index (χ0) is 14.7. The van der Waals surface area contributed by atoms with Crippen LogP contribution >= 0.6 is 23.1 Å². The molecule has 0 bridgehead atoms. The van der Waals surface area contributed by atoms with Gasteiger partial charge >= 0.3 is 6.01 Å². The van der Waals surface area contributed by atoms with E-state index in [9.17, 15) is 4.79 Å². The number of rotatable bonds is 4. The van der Waals surface area contributed by atoms with Gasteiger partial charge in [0, 0.05) is 21.4 Å². The second-order valence-electron chi connectivity index (χ2n) is 4.11. The Bertz CT molecular complexity index is 753. The fourth-order valence-electron chi connectivity index (χ4n) is 1.71. The third-order valence-corrected chi connectivity index (χ3v) is 4.15. The van der Waals surface area contributed by atoms with Crippen LogP contribution in [0.15, 0.2) is 50.4 Å². The van der Waals surface area contributed by atoms with Gasteiger partial charge in [0.2, 0.25) is 0 Å². The van der Waals surface area contributed by atoms with Crippen molar-refractivity contribution in [3.63, 3.8) is 0 Å². The Kier molecular flexibility index (Phi) is 4.03. The van der Waals surface area contributed by atoms with Crippen LogP contribution in [0.3, 0.4) is 0 Å².